The Morgan fingerprint density at radius 2 is 1.74 bits per heavy atom. The first kappa shape index (κ1) is 23.8. The summed E-state index contributed by atoms with van der Waals surface area (Å²) < 4.78 is 45.5. The third kappa shape index (κ3) is 4.67. The SMILES string of the molecule is COC(=O)c1cc(Cl)cc(N(C=O)c2c([N+](=O)[O-])cc([N+](=O)[O-])cc2C(F)(F)F)c1Cl. The Morgan fingerprint density at radius 1 is 1.13 bits per heavy atom. The van der Waals surface area contributed by atoms with E-state index in [1.807, 2.05) is 0 Å². The molecule has 0 aliphatic rings. The third-order valence-corrected chi connectivity index (χ3v) is 4.43. The van der Waals surface area contributed by atoms with Crippen molar-refractivity contribution in [2.45, 2.75) is 6.18 Å². The molecule has 15 heteroatoms. The van der Waals surface area contributed by atoms with Crippen LogP contribution in [-0.4, -0.2) is 29.3 Å². The number of esters is 1. The number of hydrogen-bond donors (Lipinski definition) is 0. The Hall–Kier alpha value is -3.45. The van der Waals surface area contributed by atoms with E-state index < -0.39 is 60.9 Å². The van der Waals surface area contributed by atoms with Crippen molar-refractivity contribution in [2.24, 2.45) is 0 Å². The molecule has 0 radical (unpaired) electrons. The molecule has 0 saturated heterocycles. The van der Waals surface area contributed by atoms with E-state index in [0.717, 1.165) is 19.2 Å². The van der Waals surface area contributed by atoms with Crippen molar-refractivity contribution in [1.29, 1.82) is 0 Å². The van der Waals surface area contributed by atoms with Gasteiger partial charge in [-0.3, -0.25) is 29.9 Å². The fourth-order valence-electron chi connectivity index (χ4n) is 2.56. The molecule has 2 rings (SSSR count). The first-order valence-electron chi connectivity index (χ1n) is 7.69. The second-order valence-corrected chi connectivity index (χ2v) is 6.44. The van der Waals surface area contributed by atoms with Gasteiger partial charge in [-0.15, -0.1) is 0 Å². The topological polar surface area (TPSA) is 133 Å². The summed E-state index contributed by atoms with van der Waals surface area (Å²) in [6.45, 7) is 0. The summed E-state index contributed by atoms with van der Waals surface area (Å²) in [6.07, 6.45) is -5.61. The van der Waals surface area contributed by atoms with Crippen LogP contribution in [0.4, 0.5) is 35.9 Å². The number of carbonyl (C=O) groups is 2. The van der Waals surface area contributed by atoms with E-state index in [1.165, 1.54) is 0 Å². The Balaban J connectivity index is 2.99. The molecule has 0 fully saturated rings. The number of methoxy groups -OCH3 is 1. The smallest absolute Gasteiger partial charge is 0.418 e. The maximum Gasteiger partial charge on any atom is 0.418 e. The van der Waals surface area contributed by atoms with Crippen LogP contribution in [-0.2, 0) is 15.7 Å². The lowest BCUT2D eigenvalue weighted by atomic mass is 10.1. The fourth-order valence-corrected chi connectivity index (χ4v) is 3.05. The normalized spacial score (nSPS) is 11.0. The Morgan fingerprint density at radius 3 is 2.19 bits per heavy atom. The maximum atomic E-state index is 13.7. The molecule has 2 aromatic rings. The highest BCUT2D eigenvalue weighted by Crippen LogP contribution is 2.47. The van der Waals surface area contributed by atoms with Gasteiger partial charge in [-0.2, -0.15) is 13.2 Å². The summed E-state index contributed by atoms with van der Waals surface area (Å²) in [4.78, 5) is 43.6. The minimum Gasteiger partial charge on any atom is -0.465 e. The van der Waals surface area contributed by atoms with Crippen molar-refractivity contribution in [1.82, 2.24) is 0 Å². The molecule has 0 N–H and O–H groups in total. The van der Waals surface area contributed by atoms with Crippen LogP contribution in [0, 0.1) is 20.2 Å². The largest absolute Gasteiger partial charge is 0.465 e. The predicted octanol–water partition coefficient (Wildman–Crippen LogP) is 4.91. The van der Waals surface area contributed by atoms with Crippen LogP contribution in [0.1, 0.15) is 15.9 Å². The number of hydrogen-bond acceptors (Lipinski definition) is 7. The van der Waals surface area contributed by atoms with Crippen LogP contribution in [0.15, 0.2) is 24.3 Å². The lowest BCUT2D eigenvalue weighted by Crippen LogP contribution is -2.22. The van der Waals surface area contributed by atoms with Crippen molar-refractivity contribution in [3.63, 3.8) is 0 Å². The zero-order valence-corrected chi connectivity index (χ0v) is 16.5. The first-order chi connectivity index (χ1) is 14.3. The van der Waals surface area contributed by atoms with E-state index in [9.17, 15) is 43.0 Å². The van der Waals surface area contributed by atoms with E-state index in [0.29, 0.717) is 0 Å². The highest BCUT2D eigenvalue weighted by atomic mass is 35.5. The second kappa shape index (κ2) is 8.73. The van der Waals surface area contributed by atoms with Crippen molar-refractivity contribution in [3.05, 3.63) is 65.7 Å². The van der Waals surface area contributed by atoms with E-state index in [-0.39, 0.29) is 28.5 Å². The Labute approximate surface area is 180 Å². The predicted molar refractivity (Wildman–Crippen MR) is 101 cm³/mol. The van der Waals surface area contributed by atoms with Gasteiger partial charge in [0.05, 0.1) is 44.9 Å². The summed E-state index contributed by atoms with van der Waals surface area (Å²) in [5, 5.41) is 21.5. The van der Waals surface area contributed by atoms with Crippen LogP contribution in [0.25, 0.3) is 0 Å². The van der Waals surface area contributed by atoms with Gasteiger partial charge >= 0.3 is 17.8 Å². The van der Waals surface area contributed by atoms with Gasteiger partial charge in [0.2, 0.25) is 6.41 Å². The summed E-state index contributed by atoms with van der Waals surface area (Å²) in [6, 6.07) is 2.15. The fraction of sp³-hybridized carbons (Fsp3) is 0.125. The molecule has 0 unspecified atom stereocenters. The van der Waals surface area contributed by atoms with Gasteiger partial charge in [-0.25, -0.2) is 4.79 Å². The molecule has 0 aliphatic carbocycles. The number of ether oxygens (including phenoxy) is 1. The molecule has 2 aromatic carbocycles. The lowest BCUT2D eigenvalue weighted by molar-refractivity contribution is -0.394. The number of rotatable bonds is 6. The molecule has 0 saturated carbocycles. The van der Waals surface area contributed by atoms with E-state index >= 15 is 0 Å². The number of nitro benzene ring substituents is 2. The molecule has 164 valence electrons. The zero-order valence-electron chi connectivity index (χ0n) is 15.0. The molecule has 0 aliphatic heterocycles. The number of anilines is 2. The average Bonchev–Trinajstić information content (AvgIpc) is 2.68. The number of nitro groups is 2. The van der Waals surface area contributed by atoms with Gasteiger partial charge in [0.1, 0.15) is 5.69 Å². The lowest BCUT2D eigenvalue weighted by Gasteiger charge is -2.23. The van der Waals surface area contributed by atoms with Crippen molar-refractivity contribution in [2.75, 3.05) is 12.0 Å². The van der Waals surface area contributed by atoms with E-state index in [4.69, 9.17) is 23.2 Å². The maximum absolute atomic E-state index is 13.7. The molecule has 0 aromatic heterocycles. The molecule has 0 atom stereocenters. The van der Waals surface area contributed by atoms with Crippen molar-refractivity contribution < 1.29 is 37.3 Å². The number of carbonyl (C=O) groups excluding carboxylic acids is 2. The zero-order chi connectivity index (χ0) is 23.7. The van der Waals surface area contributed by atoms with Gasteiger partial charge in [0.25, 0.3) is 5.69 Å². The number of nitrogens with zero attached hydrogens (tertiary/aromatic N) is 3. The number of amides is 1. The van der Waals surface area contributed by atoms with E-state index in [2.05, 4.69) is 4.74 Å². The molecular formula is C16H8Cl2F3N3O7. The van der Waals surface area contributed by atoms with Gasteiger partial charge < -0.3 is 4.74 Å². The van der Waals surface area contributed by atoms with Crippen LogP contribution in [0.5, 0.6) is 0 Å². The van der Waals surface area contributed by atoms with Gasteiger partial charge in [-0.1, -0.05) is 23.2 Å². The molecule has 0 spiro atoms. The summed E-state index contributed by atoms with van der Waals surface area (Å²) in [5.74, 6) is -1.06. The van der Waals surface area contributed by atoms with Gasteiger partial charge in [-0.05, 0) is 12.1 Å². The quantitative estimate of drug-likeness (QED) is 0.247. The van der Waals surface area contributed by atoms with Crippen LogP contribution >= 0.6 is 23.2 Å². The minimum absolute atomic E-state index is 0.0263. The monoisotopic (exact) mass is 481 g/mol. The number of benzene rings is 2. The molecule has 31 heavy (non-hydrogen) atoms. The summed E-state index contributed by atoms with van der Waals surface area (Å²) in [5.41, 5.74) is -6.96. The number of alkyl halides is 3. The van der Waals surface area contributed by atoms with Crippen molar-refractivity contribution >= 4 is 58.3 Å². The molecule has 0 bridgehead atoms. The number of halogens is 5. The minimum atomic E-state index is -5.36. The summed E-state index contributed by atoms with van der Waals surface area (Å²) in [7, 11) is 0.972. The van der Waals surface area contributed by atoms with Crippen LogP contribution in [0.2, 0.25) is 10.0 Å². The van der Waals surface area contributed by atoms with E-state index in [1.54, 1.807) is 0 Å². The van der Waals surface area contributed by atoms with Gasteiger partial charge in [0.15, 0.2) is 0 Å². The molecular weight excluding hydrogens is 474 g/mol. The number of non-ortho nitro benzene ring substituents is 1. The van der Waals surface area contributed by atoms with Crippen molar-refractivity contribution in [3.8, 4) is 0 Å². The standard InChI is InChI=1S/C16H8Cl2F3N3O7/c1-31-15(26)9-2-7(17)3-11(13(9)18)22(6-25)14-10(16(19,20)21)4-8(23(27)28)5-12(14)24(29)30/h2-6H,1H3. The highest BCUT2D eigenvalue weighted by molar-refractivity contribution is 6.38. The molecule has 1 amide bonds. The highest BCUT2D eigenvalue weighted by Gasteiger charge is 2.42. The van der Waals surface area contributed by atoms with Crippen LogP contribution in [0.3, 0.4) is 0 Å². The second-order valence-electron chi connectivity index (χ2n) is 5.63. The molecule has 10 nitrogen and oxygen atoms in total. The summed E-state index contributed by atoms with van der Waals surface area (Å²) >= 11 is 11.9. The third-order valence-electron chi connectivity index (χ3n) is 3.82. The molecule has 0 heterocycles. The Kier molecular flexibility index (Phi) is 6.71. The first-order valence-corrected chi connectivity index (χ1v) is 8.45. The van der Waals surface area contributed by atoms with Crippen LogP contribution < -0.4 is 4.90 Å². The Bertz CT molecular complexity index is 1110. The average molecular weight is 482 g/mol. The van der Waals surface area contributed by atoms with Gasteiger partial charge in [0, 0.05) is 11.1 Å².